The summed E-state index contributed by atoms with van der Waals surface area (Å²) in [5, 5.41) is 113. The van der Waals surface area contributed by atoms with Crippen LogP contribution in [0.2, 0.25) is 0 Å². The van der Waals surface area contributed by atoms with E-state index in [9.17, 15) is 61.0 Å². The quantitative estimate of drug-likeness (QED) is 0.147. The van der Waals surface area contributed by atoms with Crippen LogP contribution in [-0.4, -0.2) is 118 Å². The highest BCUT2D eigenvalue weighted by molar-refractivity contribution is 5.90. The zero-order valence-corrected chi connectivity index (χ0v) is 21.6. The maximum Gasteiger partial charge on any atom is 0.203 e. The van der Waals surface area contributed by atoms with E-state index in [2.05, 4.69) is 0 Å². The van der Waals surface area contributed by atoms with Crippen molar-refractivity contribution in [1.29, 1.82) is 0 Å². The second-order valence-electron chi connectivity index (χ2n) is 10.3. The van der Waals surface area contributed by atoms with Crippen LogP contribution in [0.25, 0.3) is 22.3 Å². The summed E-state index contributed by atoms with van der Waals surface area (Å²) in [6.45, 7) is -1.61. The van der Waals surface area contributed by atoms with E-state index in [0.717, 1.165) is 6.07 Å². The maximum absolute atomic E-state index is 14.1. The molecule has 3 heterocycles. The Morgan fingerprint density at radius 1 is 0.643 bits per heavy atom. The second kappa shape index (κ2) is 11.4. The van der Waals surface area contributed by atoms with E-state index in [1.807, 2.05) is 0 Å². The molecule has 2 aliphatic heterocycles. The van der Waals surface area contributed by atoms with Crippen LogP contribution in [-0.2, 0) is 9.47 Å². The lowest BCUT2D eigenvalue weighted by Gasteiger charge is -2.41. The molecular formula is C27H30O15. The molecule has 0 radical (unpaired) electrons. The average molecular weight is 595 g/mol. The molecule has 11 N–H and O–H groups in total. The van der Waals surface area contributed by atoms with Gasteiger partial charge in [-0.25, -0.2) is 0 Å². The van der Waals surface area contributed by atoms with Gasteiger partial charge in [-0.3, -0.25) is 4.79 Å². The van der Waals surface area contributed by atoms with Crippen LogP contribution in [0.15, 0.2) is 39.5 Å². The summed E-state index contributed by atoms with van der Waals surface area (Å²) in [7, 11) is 0. The van der Waals surface area contributed by atoms with Crippen molar-refractivity contribution in [1.82, 2.24) is 0 Å². The molecule has 15 heteroatoms. The minimum atomic E-state index is -1.94. The van der Waals surface area contributed by atoms with Crippen molar-refractivity contribution in [2.45, 2.75) is 61.0 Å². The van der Waals surface area contributed by atoms with Crippen molar-refractivity contribution in [3.8, 4) is 28.6 Å². The molecule has 15 nitrogen and oxygen atoms in total. The summed E-state index contributed by atoms with van der Waals surface area (Å²) in [4.78, 5) is 14.1. The monoisotopic (exact) mass is 594 g/mol. The van der Waals surface area contributed by atoms with Crippen LogP contribution in [0.1, 0.15) is 23.3 Å². The van der Waals surface area contributed by atoms with Crippen molar-refractivity contribution in [2.24, 2.45) is 0 Å². The highest BCUT2D eigenvalue weighted by atomic mass is 16.6. The first-order valence-electron chi connectivity index (χ1n) is 12.9. The Labute approximate surface area is 235 Å². The zero-order chi connectivity index (χ0) is 30.6. The van der Waals surface area contributed by atoms with Crippen molar-refractivity contribution in [3.63, 3.8) is 0 Å². The van der Waals surface area contributed by atoms with Crippen LogP contribution in [0.4, 0.5) is 0 Å². The third-order valence-electron chi connectivity index (χ3n) is 7.68. The molecule has 3 aromatic rings. The molecule has 2 aliphatic rings. The number of benzene rings is 2. The molecule has 0 bridgehead atoms. The molecule has 0 spiro atoms. The van der Waals surface area contributed by atoms with Gasteiger partial charge < -0.3 is 70.1 Å². The van der Waals surface area contributed by atoms with Gasteiger partial charge in [0.15, 0.2) is 5.58 Å². The maximum atomic E-state index is 14.1. The molecule has 2 saturated heterocycles. The number of aliphatic hydroxyl groups is 8. The molecule has 5 rings (SSSR count). The molecule has 0 amide bonds. The molecule has 2 aromatic carbocycles. The van der Waals surface area contributed by atoms with Gasteiger partial charge in [0.25, 0.3) is 0 Å². The van der Waals surface area contributed by atoms with Gasteiger partial charge in [0, 0.05) is 11.6 Å². The standard InChI is InChI=1S/C27H30O15/c28-6-12-17(33)20(36)22(38)26(40-12)15-11(32)5-10(31)14-19(35)16(27-23(39)21(37)18(34)13(7-29)41-27)24(42-25(14)15)8-1-3-9(30)4-2-8/h1-5,12-13,17-18,20-23,26-34,36-39H,6-7H2. The lowest BCUT2D eigenvalue weighted by molar-refractivity contribution is -0.232. The van der Waals surface area contributed by atoms with Crippen LogP contribution in [0.3, 0.4) is 0 Å². The molecular weight excluding hydrogens is 564 g/mol. The number of aromatic hydroxyl groups is 3. The topological polar surface area (TPSA) is 271 Å². The Hall–Kier alpha value is -3.35. The third kappa shape index (κ3) is 4.79. The van der Waals surface area contributed by atoms with Gasteiger partial charge in [0.2, 0.25) is 5.43 Å². The first kappa shape index (κ1) is 30.1. The van der Waals surface area contributed by atoms with Gasteiger partial charge in [-0.05, 0) is 24.3 Å². The van der Waals surface area contributed by atoms with E-state index < -0.39 is 113 Å². The number of hydrogen-bond acceptors (Lipinski definition) is 15. The molecule has 228 valence electrons. The lowest BCUT2D eigenvalue weighted by atomic mass is 9.87. The first-order chi connectivity index (χ1) is 19.9. The summed E-state index contributed by atoms with van der Waals surface area (Å²) in [5.41, 5.74) is -2.46. The predicted octanol–water partition coefficient (Wildman–Crippen LogP) is -2.39. The van der Waals surface area contributed by atoms with E-state index >= 15 is 0 Å². The molecule has 42 heavy (non-hydrogen) atoms. The fourth-order valence-corrected chi connectivity index (χ4v) is 5.41. The third-order valence-corrected chi connectivity index (χ3v) is 7.68. The van der Waals surface area contributed by atoms with E-state index in [0.29, 0.717) is 0 Å². The van der Waals surface area contributed by atoms with Gasteiger partial charge in [0.1, 0.15) is 89.4 Å². The van der Waals surface area contributed by atoms with Gasteiger partial charge in [-0.15, -0.1) is 0 Å². The number of ether oxygens (including phenoxy) is 2. The van der Waals surface area contributed by atoms with Gasteiger partial charge in [-0.2, -0.15) is 0 Å². The highest BCUT2D eigenvalue weighted by Gasteiger charge is 2.48. The first-order valence-corrected chi connectivity index (χ1v) is 12.9. The Bertz CT molecular complexity index is 1500. The molecule has 10 atom stereocenters. The smallest absolute Gasteiger partial charge is 0.203 e. The molecule has 0 aliphatic carbocycles. The summed E-state index contributed by atoms with van der Waals surface area (Å²) >= 11 is 0. The summed E-state index contributed by atoms with van der Waals surface area (Å²) in [6, 6.07) is 5.81. The Balaban J connectivity index is 1.82. The predicted molar refractivity (Wildman–Crippen MR) is 138 cm³/mol. The van der Waals surface area contributed by atoms with E-state index in [-0.39, 0.29) is 17.1 Å². The van der Waals surface area contributed by atoms with Crippen molar-refractivity contribution in [2.75, 3.05) is 13.2 Å². The number of rotatable bonds is 5. The van der Waals surface area contributed by atoms with Crippen molar-refractivity contribution < 1.29 is 70.1 Å². The van der Waals surface area contributed by atoms with E-state index in [1.165, 1.54) is 24.3 Å². The van der Waals surface area contributed by atoms with Crippen LogP contribution in [0, 0.1) is 0 Å². The Kier molecular flexibility index (Phi) is 8.16. The zero-order valence-electron chi connectivity index (χ0n) is 21.6. The summed E-state index contributed by atoms with van der Waals surface area (Å²) in [5.74, 6) is -2.13. The molecule has 10 unspecified atom stereocenters. The normalized spacial score (nSPS) is 33.6. The SMILES string of the molecule is O=c1c(C2OC(CO)C(O)C(O)C2O)c(-c2ccc(O)cc2)oc2c(C3OC(CO)C(O)C(O)C3O)c(O)cc(O)c12. The fourth-order valence-electron chi connectivity index (χ4n) is 5.41. The number of aliphatic hydroxyl groups excluding tert-OH is 8. The van der Waals surface area contributed by atoms with Gasteiger partial charge in [-0.1, -0.05) is 0 Å². The number of hydrogen-bond donors (Lipinski definition) is 11. The number of phenolic OH excluding ortho intramolecular Hbond substituents is 3. The lowest BCUT2D eigenvalue weighted by Crippen LogP contribution is -2.56. The minimum Gasteiger partial charge on any atom is -0.508 e. The average Bonchev–Trinajstić information content (AvgIpc) is 2.96. The van der Waals surface area contributed by atoms with Crippen molar-refractivity contribution in [3.05, 3.63) is 51.7 Å². The summed E-state index contributed by atoms with van der Waals surface area (Å²) < 4.78 is 17.2. The largest absolute Gasteiger partial charge is 0.508 e. The molecule has 2 fully saturated rings. The van der Waals surface area contributed by atoms with E-state index in [4.69, 9.17) is 13.9 Å². The second-order valence-corrected chi connectivity index (χ2v) is 10.3. The van der Waals surface area contributed by atoms with E-state index in [1.54, 1.807) is 0 Å². The number of phenols is 3. The Morgan fingerprint density at radius 2 is 1.14 bits per heavy atom. The molecule has 1 aromatic heterocycles. The van der Waals surface area contributed by atoms with Crippen LogP contribution in [0.5, 0.6) is 17.2 Å². The minimum absolute atomic E-state index is 0.0846. The van der Waals surface area contributed by atoms with Crippen molar-refractivity contribution >= 4 is 11.0 Å². The summed E-state index contributed by atoms with van der Waals surface area (Å²) in [6.07, 6.45) is -17.4. The fraction of sp³-hybridized carbons (Fsp3) is 0.444. The molecule has 0 saturated carbocycles. The number of fused-ring (bicyclic) bond motifs is 1. The van der Waals surface area contributed by atoms with Crippen LogP contribution >= 0.6 is 0 Å². The van der Waals surface area contributed by atoms with Gasteiger partial charge >= 0.3 is 0 Å². The Morgan fingerprint density at radius 3 is 1.64 bits per heavy atom. The van der Waals surface area contributed by atoms with Gasteiger partial charge in [0.05, 0.1) is 24.3 Å². The van der Waals surface area contributed by atoms with Crippen LogP contribution < -0.4 is 5.43 Å². The highest BCUT2D eigenvalue weighted by Crippen LogP contribution is 2.46.